The van der Waals surface area contributed by atoms with Crippen LogP contribution in [-0.4, -0.2) is 45.1 Å². The maximum Gasteiger partial charge on any atom is 0.318 e. The van der Waals surface area contributed by atoms with Crippen LogP contribution in [-0.2, 0) is 14.8 Å². The van der Waals surface area contributed by atoms with E-state index in [4.69, 9.17) is 9.88 Å². The zero-order chi connectivity index (χ0) is 17.0. The fraction of sp³-hybridized carbons (Fsp3) is 0.533. The number of hydrogen-bond acceptors (Lipinski definition) is 4. The lowest BCUT2D eigenvalue weighted by atomic mass is 10.0. The van der Waals surface area contributed by atoms with Gasteiger partial charge in [0, 0.05) is 13.1 Å². The van der Waals surface area contributed by atoms with Crippen molar-refractivity contribution in [1.29, 1.82) is 0 Å². The molecule has 0 bridgehead atoms. The Bertz CT molecular complexity index is 662. The van der Waals surface area contributed by atoms with Crippen LogP contribution in [0.1, 0.15) is 31.9 Å². The summed E-state index contributed by atoms with van der Waals surface area (Å²) >= 11 is 0. The number of benzene rings is 1. The highest BCUT2D eigenvalue weighted by molar-refractivity contribution is 7.89. The third-order valence-electron chi connectivity index (χ3n) is 3.82. The van der Waals surface area contributed by atoms with Crippen LogP contribution in [0.3, 0.4) is 0 Å². The van der Waals surface area contributed by atoms with Gasteiger partial charge in [-0.1, -0.05) is 19.1 Å². The van der Waals surface area contributed by atoms with Crippen LogP contribution in [0.4, 0.5) is 4.79 Å². The number of urea groups is 1. The standard InChI is InChI=1S/C15H23N3O4S/c1-3-14(12-5-4-6-13(9-12)23(16,20)21)17-15(19)18-7-8-22-11(2)10-18/h4-6,9,11,14H,3,7-8,10H2,1-2H3,(H,17,19)(H2,16,20,21)/t11-,14+/m0/s1. The van der Waals surface area contributed by atoms with Crippen molar-refractivity contribution in [1.82, 2.24) is 10.2 Å². The van der Waals surface area contributed by atoms with Gasteiger partial charge >= 0.3 is 6.03 Å². The first-order chi connectivity index (χ1) is 10.8. The van der Waals surface area contributed by atoms with Gasteiger partial charge in [0.1, 0.15) is 0 Å². The van der Waals surface area contributed by atoms with E-state index in [9.17, 15) is 13.2 Å². The van der Waals surface area contributed by atoms with E-state index in [-0.39, 0.29) is 23.1 Å². The highest BCUT2D eigenvalue weighted by Gasteiger charge is 2.23. The quantitative estimate of drug-likeness (QED) is 0.859. The zero-order valence-electron chi connectivity index (χ0n) is 13.4. The van der Waals surface area contributed by atoms with Crippen molar-refractivity contribution in [2.75, 3.05) is 19.7 Å². The van der Waals surface area contributed by atoms with Crippen LogP contribution in [0, 0.1) is 0 Å². The Balaban J connectivity index is 2.12. The molecule has 1 aliphatic heterocycles. The minimum absolute atomic E-state index is 0.0142. The number of nitrogens with zero attached hydrogens (tertiary/aromatic N) is 1. The topological polar surface area (TPSA) is 102 Å². The lowest BCUT2D eigenvalue weighted by Crippen LogP contribution is -2.49. The predicted molar refractivity (Wildman–Crippen MR) is 86.4 cm³/mol. The van der Waals surface area contributed by atoms with E-state index in [0.717, 1.165) is 0 Å². The summed E-state index contributed by atoms with van der Waals surface area (Å²) in [6, 6.07) is 5.91. The number of morpholine rings is 1. The second-order valence-corrected chi connectivity index (χ2v) is 7.22. The molecule has 128 valence electrons. The van der Waals surface area contributed by atoms with Gasteiger partial charge in [-0.3, -0.25) is 0 Å². The first-order valence-electron chi connectivity index (χ1n) is 7.61. The number of hydrogen-bond donors (Lipinski definition) is 2. The molecule has 2 amide bonds. The third-order valence-corrected chi connectivity index (χ3v) is 4.73. The molecule has 2 rings (SSSR count). The average Bonchev–Trinajstić information content (AvgIpc) is 2.51. The van der Waals surface area contributed by atoms with E-state index < -0.39 is 10.0 Å². The van der Waals surface area contributed by atoms with Gasteiger partial charge < -0.3 is 15.0 Å². The van der Waals surface area contributed by atoms with Crippen molar-refractivity contribution in [3.63, 3.8) is 0 Å². The molecule has 0 unspecified atom stereocenters. The van der Waals surface area contributed by atoms with Crippen LogP contribution in [0.2, 0.25) is 0 Å². The molecule has 0 saturated carbocycles. The normalized spacial score (nSPS) is 20.1. The molecule has 2 atom stereocenters. The second-order valence-electron chi connectivity index (χ2n) is 5.66. The highest BCUT2D eigenvalue weighted by Crippen LogP contribution is 2.20. The van der Waals surface area contributed by atoms with Crippen LogP contribution in [0.25, 0.3) is 0 Å². The SMILES string of the molecule is CC[C@@H](NC(=O)N1CCO[C@@H](C)C1)c1cccc(S(N)(=O)=O)c1. The molecule has 23 heavy (non-hydrogen) atoms. The Kier molecular flexibility index (Phi) is 5.61. The molecule has 1 saturated heterocycles. The molecule has 1 heterocycles. The highest BCUT2D eigenvalue weighted by atomic mass is 32.2. The average molecular weight is 341 g/mol. The van der Waals surface area contributed by atoms with Gasteiger partial charge in [-0.15, -0.1) is 0 Å². The van der Waals surface area contributed by atoms with Crippen molar-refractivity contribution in [2.24, 2.45) is 5.14 Å². The van der Waals surface area contributed by atoms with Crippen molar-refractivity contribution in [3.05, 3.63) is 29.8 Å². The zero-order valence-corrected chi connectivity index (χ0v) is 14.2. The number of ether oxygens (including phenoxy) is 1. The summed E-state index contributed by atoms with van der Waals surface area (Å²) in [6.07, 6.45) is 0.653. The molecule has 1 fully saturated rings. The Morgan fingerprint density at radius 2 is 2.26 bits per heavy atom. The molecule has 0 aliphatic carbocycles. The lowest BCUT2D eigenvalue weighted by molar-refractivity contribution is -0.00389. The molecule has 1 aliphatic rings. The summed E-state index contributed by atoms with van der Waals surface area (Å²) in [5.74, 6) is 0. The number of carbonyl (C=O) groups is 1. The second kappa shape index (κ2) is 7.29. The van der Waals surface area contributed by atoms with E-state index >= 15 is 0 Å². The Hall–Kier alpha value is -1.64. The molecule has 1 aromatic carbocycles. The van der Waals surface area contributed by atoms with E-state index in [2.05, 4.69) is 5.32 Å². The number of sulfonamides is 1. The molecule has 1 aromatic rings. The molecule has 0 spiro atoms. The summed E-state index contributed by atoms with van der Waals surface area (Å²) in [5, 5.41) is 8.11. The fourth-order valence-corrected chi connectivity index (χ4v) is 3.14. The molecular formula is C15H23N3O4S. The van der Waals surface area contributed by atoms with E-state index in [1.54, 1.807) is 17.0 Å². The van der Waals surface area contributed by atoms with Crippen LogP contribution in [0.15, 0.2) is 29.2 Å². The summed E-state index contributed by atoms with van der Waals surface area (Å²) < 4.78 is 28.4. The lowest BCUT2D eigenvalue weighted by Gasteiger charge is -2.32. The van der Waals surface area contributed by atoms with Gasteiger partial charge in [0.15, 0.2) is 0 Å². The van der Waals surface area contributed by atoms with Crippen molar-refractivity contribution in [2.45, 2.75) is 37.3 Å². The molecule has 0 radical (unpaired) electrons. The number of rotatable bonds is 4. The van der Waals surface area contributed by atoms with Gasteiger partial charge in [-0.25, -0.2) is 18.4 Å². The molecule has 8 heteroatoms. The minimum Gasteiger partial charge on any atom is -0.375 e. The molecule has 0 aromatic heterocycles. The number of nitrogens with two attached hydrogens (primary N) is 1. The smallest absolute Gasteiger partial charge is 0.318 e. The van der Waals surface area contributed by atoms with Gasteiger partial charge in [0.2, 0.25) is 10.0 Å². The monoisotopic (exact) mass is 341 g/mol. The minimum atomic E-state index is -3.76. The van der Waals surface area contributed by atoms with Crippen molar-refractivity contribution >= 4 is 16.1 Å². The maximum atomic E-state index is 12.4. The first-order valence-corrected chi connectivity index (χ1v) is 9.15. The largest absolute Gasteiger partial charge is 0.375 e. The summed E-state index contributed by atoms with van der Waals surface area (Å²) in [7, 11) is -3.76. The van der Waals surface area contributed by atoms with Crippen LogP contribution >= 0.6 is 0 Å². The van der Waals surface area contributed by atoms with Crippen molar-refractivity contribution in [3.8, 4) is 0 Å². The first kappa shape index (κ1) is 17.7. The molecule has 7 nitrogen and oxygen atoms in total. The molecular weight excluding hydrogens is 318 g/mol. The number of carbonyl (C=O) groups excluding carboxylic acids is 1. The Morgan fingerprint density at radius 3 is 2.87 bits per heavy atom. The van der Waals surface area contributed by atoms with Crippen molar-refractivity contribution < 1.29 is 17.9 Å². The van der Waals surface area contributed by atoms with Gasteiger partial charge in [-0.05, 0) is 31.0 Å². The van der Waals surface area contributed by atoms with Gasteiger partial charge in [0.25, 0.3) is 0 Å². The summed E-state index contributed by atoms with van der Waals surface area (Å²) in [5.41, 5.74) is 0.716. The fourth-order valence-electron chi connectivity index (χ4n) is 2.57. The number of amides is 2. The summed E-state index contributed by atoms with van der Waals surface area (Å²) in [6.45, 7) is 5.46. The molecule has 3 N–H and O–H groups in total. The van der Waals surface area contributed by atoms with Crippen LogP contribution in [0.5, 0.6) is 0 Å². The Labute approximate surface area is 136 Å². The van der Waals surface area contributed by atoms with Gasteiger partial charge in [-0.2, -0.15) is 0 Å². The Morgan fingerprint density at radius 1 is 1.52 bits per heavy atom. The van der Waals surface area contributed by atoms with E-state index in [1.165, 1.54) is 12.1 Å². The van der Waals surface area contributed by atoms with E-state index in [0.29, 0.717) is 31.7 Å². The number of primary sulfonamides is 1. The maximum absolute atomic E-state index is 12.4. The van der Waals surface area contributed by atoms with Crippen LogP contribution < -0.4 is 10.5 Å². The van der Waals surface area contributed by atoms with E-state index in [1.807, 2.05) is 13.8 Å². The summed E-state index contributed by atoms with van der Waals surface area (Å²) in [4.78, 5) is 14.1. The number of nitrogens with one attached hydrogen (secondary N) is 1. The third kappa shape index (κ3) is 4.66. The predicted octanol–water partition coefficient (Wildman–Crippen LogP) is 1.22. The van der Waals surface area contributed by atoms with Gasteiger partial charge in [0.05, 0.1) is 23.6 Å².